The van der Waals surface area contributed by atoms with Crippen molar-refractivity contribution in [3.8, 4) is 5.75 Å². The summed E-state index contributed by atoms with van der Waals surface area (Å²) in [5.41, 5.74) is -0.298. The number of ether oxygens (including phenoxy) is 1. The van der Waals surface area contributed by atoms with Crippen LogP contribution in [0.25, 0.3) is 0 Å². The van der Waals surface area contributed by atoms with Crippen molar-refractivity contribution in [2.75, 3.05) is 33.8 Å². The Labute approximate surface area is 214 Å². The van der Waals surface area contributed by atoms with Crippen molar-refractivity contribution in [2.45, 2.75) is 44.1 Å². The van der Waals surface area contributed by atoms with Crippen LogP contribution in [0.5, 0.6) is 5.75 Å². The molecule has 0 radical (unpaired) electrons. The maximum atomic E-state index is 12.0. The summed E-state index contributed by atoms with van der Waals surface area (Å²) in [5, 5.41) is 12.0. The molecule has 1 aliphatic rings. The first-order chi connectivity index (χ1) is 16.0. The van der Waals surface area contributed by atoms with E-state index in [-0.39, 0.29) is 22.9 Å². The molecule has 0 spiro atoms. The van der Waals surface area contributed by atoms with E-state index in [0.29, 0.717) is 12.5 Å². The molecule has 3 aromatic rings. The normalized spacial score (nSPS) is 16.4. The lowest BCUT2D eigenvalue weighted by Crippen LogP contribution is -3.00. The van der Waals surface area contributed by atoms with Gasteiger partial charge in [0.2, 0.25) is 5.89 Å². The molecule has 184 valence electrons. The largest absolute Gasteiger partial charge is 1.00 e. The molecule has 1 atom stereocenters. The number of hydrogen-bond donors (Lipinski definition) is 1. The zero-order valence-electron chi connectivity index (χ0n) is 20.3. The number of hydrogen-bond acceptors (Lipinski definition) is 4. The van der Waals surface area contributed by atoms with Crippen molar-refractivity contribution in [1.82, 2.24) is 4.98 Å². The van der Waals surface area contributed by atoms with Gasteiger partial charge in [0.25, 0.3) is 0 Å². The van der Waals surface area contributed by atoms with Crippen LogP contribution in [0.1, 0.15) is 49.3 Å². The van der Waals surface area contributed by atoms with Crippen molar-refractivity contribution in [1.29, 1.82) is 0 Å². The van der Waals surface area contributed by atoms with E-state index in [2.05, 4.69) is 19.1 Å². The van der Waals surface area contributed by atoms with Gasteiger partial charge in [0, 0.05) is 5.92 Å². The molecular formula is C28H37BrN2O3. The second kappa shape index (κ2) is 12.0. The van der Waals surface area contributed by atoms with E-state index in [1.165, 1.54) is 6.42 Å². The summed E-state index contributed by atoms with van der Waals surface area (Å²) < 4.78 is 12.9. The number of rotatable bonds is 10. The van der Waals surface area contributed by atoms with Gasteiger partial charge >= 0.3 is 0 Å². The zero-order valence-corrected chi connectivity index (χ0v) is 21.9. The third kappa shape index (κ3) is 6.49. The summed E-state index contributed by atoms with van der Waals surface area (Å²) in [7, 11) is 4.40. The summed E-state index contributed by atoms with van der Waals surface area (Å²) in [4.78, 5) is 4.59. The smallest absolute Gasteiger partial charge is 0.231 e. The Kier molecular flexibility index (Phi) is 9.34. The molecule has 0 aliphatic heterocycles. The molecule has 1 fully saturated rings. The van der Waals surface area contributed by atoms with E-state index in [1.807, 2.05) is 60.7 Å². The molecule has 34 heavy (non-hydrogen) atoms. The molecule has 1 unspecified atom stereocenters. The van der Waals surface area contributed by atoms with Gasteiger partial charge in [0.1, 0.15) is 24.7 Å². The molecule has 1 heterocycles. The Bertz CT molecular complexity index is 987. The molecule has 0 bridgehead atoms. The van der Waals surface area contributed by atoms with Crippen LogP contribution in [0.4, 0.5) is 0 Å². The first-order valence-electron chi connectivity index (χ1n) is 12.2. The van der Waals surface area contributed by atoms with Gasteiger partial charge in [-0.15, -0.1) is 0 Å². The zero-order chi connectivity index (χ0) is 23.2. The quantitative estimate of drug-likeness (QED) is 0.410. The van der Waals surface area contributed by atoms with Gasteiger partial charge in [-0.2, -0.15) is 0 Å². The third-order valence-electron chi connectivity index (χ3n) is 6.96. The van der Waals surface area contributed by atoms with Crippen LogP contribution in [0.3, 0.4) is 0 Å². The minimum atomic E-state index is -1.17. The van der Waals surface area contributed by atoms with E-state index in [1.54, 1.807) is 6.20 Å². The number of oxazole rings is 1. The fourth-order valence-corrected chi connectivity index (χ4v) is 4.80. The molecule has 1 aliphatic carbocycles. The Morgan fingerprint density at radius 3 is 2.29 bits per heavy atom. The van der Waals surface area contributed by atoms with Gasteiger partial charge in [-0.3, -0.25) is 0 Å². The summed E-state index contributed by atoms with van der Waals surface area (Å²) in [6, 6.07) is 19.8. The number of likely N-dealkylation sites (N-methyl/N-ethyl adjacent to an activating group) is 1. The second-order valence-electron chi connectivity index (χ2n) is 9.89. The van der Waals surface area contributed by atoms with Crippen molar-refractivity contribution >= 4 is 0 Å². The van der Waals surface area contributed by atoms with Gasteiger partial charge in [-0.1, -0.05) is 67.8 Å². The second-order valence-corrected chi connectivity index (χ2v) is 9.89. The van der Waals surface area contributed by atoms with Gasteiger partial charge < -0.3 is 35.7 Å². The van der Waals surface area contributed by atoms with Gasteiger partial charge in [0.15, 0.2) is 5.60 Å². The van der Waals surface area contributed by atoms with Crippen LogP contribution in [-0.2, 0) is 12.0 Å². The Morgan fingerprint density at radius 1 is 0.971 bits per heavy atom. The van der Waals surface area contributed by atoms with Gasteiger partial charge in [-0.25, -0.2) is 4.98 Å². The predicted molar refractivity (Wildman–Crippen MR) is 130 cm³/mol. The lowest BCUT2D eigenvalue weighted by molar-refractivity contribution is -0.890. The highest BCUT2D eigenvalue weighted by molar-refractivity contribution is 5.30. The topological polar surface area (TPSA) is 55.5 Å². The fraction of sp³-hybridized carbons (Fsp3) is 0.464. The third-order valence-corrected chi connectivity index (χ3v) is 6.96. The molecule has 0 amide bonds. The summed E-state index contributed by atoms with van der Waals surface area (Å²) in [6.07, 6.45) is 8.07. The highest BCUT2D eigenvalue weighted by Gasteiger charge is 2.44. The standard InChI is InChI=1S/C28H37N2O3.BrH/c1-30(2,20-21-32-25-16-10-5-11-17-25)19-18-26-22-29-27(33-26)28(31,23-12-6-3-7-13-23)24-14-8-4-9-15-24;/h3,5-7,10-13,16-17,22,24,31H,4,8-9,14-15,18-21H2,1-2H3;1H/q+1;/p-1. The number of aromatic nitrogens is 1. The molecule has 2 aromatic carbocycles. The average Bonchev–Trinajstić information content (AvgIpc) is 3.34. The SMILES string of the molecule is C[N+](C)(CCOc1ccccc1)CCc1cnc(C(O)(c2ccccc2)C2CCCCC2)o1.[Br-]. The summed E-state index contributed by atoms with van der Waals surface area (Å²) in [6.45, 7) is 2.46. The van der Waals surface area contributed by atoms with Crippen molar-refractivity contribution in [3.05, 3.63) is 84.1 Å². The van der Waals surface area contributed by atoms with E-state index in [4.69, 9.17) is 9.15 Å². The van der Waals surface area contributed by atoms with Crippen LogP contribution >= 0.6 is 0 Å². The summed E-state index contributed by atoms with van der Waals surface area (Å²) in [5.74, 6) is 2.29. The van der Waals surface area contributed by atoms with E-state index in [9.17, 15) is 5.11 Å². The van der Waals surface area contributed by atoms with E-state index >= 15 is 0 Å². The monoisotopic (exact) mass is 528 g/mol. The predicted octanol–water partition coefficient (Wildman–Crippen LogP) is 2.19. The Morgan fingerprint density at radius 2 is 1.62 bits per heavy atom. The highest BCUT2D eigenvalue weighted by atomic mass is 79.9. The minimum Gasteiger partial charge on any atom is -1.00 e. The molecule has 0 saturated heterocycles. The van der Waals surface area contributed by atoms with Crippen molar-refractivity contribution < 1.29 is 35.7 Å². The number of nitrogens with zero attached hydrogens (tertiary/aromatic N) is 2. The highest BCUT2D eigenvalue weighted by Crippen LogP contribution is 2.43. The number of halogens is 1. The van der Waals surface area contributed by atoms with Crippen LogP contribution in [0, 0.1) is 5.92 Å². The van der Waals surface area contributed by atoms with Crippen LogP contribution in [0.15, 0.2) is 71.3 Å². The molecule has 4 rings (SSSR count). The summed E-state index contributed by atoms with van der Waals surface area (Å²) >= 11 is 0. The van der Waals surface area contributed by atoms with Crippen molar-refractivity contribution in [3.63, 3.8) is 0 Å². The first-order valence-corrected chi connectivity index (χ1v) is 12.2. The van der Waals surface area contributed by atoms with Crippen molar-refractivity contribution in [2.24, 2.45) is 5.92 Å². The number of quaternary nitrogens is 1. The number of benzene rings is 2. The molecule has 1 saturated carbocycles. The minimum absolute atomic E-state index is 0. The lowest BCUT2D eigenvalue weighted by Gasteiger charge is -2.36. The average molecular weight is 530 g/mol. The van der Waals surface area contributed by atoms with Crippen LogP contribution in [-0.4, -0.2) is 48.4 Å². The molecule has 6 heteroatoms. The number of aliphatic hydroxyl groups is 1. The first kappa shape index (κ1) is 26.5. The maximum absolute atomic E-state index is 12.0. The molecule has 5 nitrogen and oxygen atoms in total. The molecule has 1 aromatic heterocycles. The fourth-order valence-electron chi connectivity index (χ4n) is 4.80. The Hall–Kier alpha value is -2.15. The van der Waals surface area contributed by atoms with Gasteiger partial charge in [0.05, 0.1) is 33.3 Å². The molecular weight excluding hydrogens is 492 g/mol. The Balaban J connectivity index is 0.00000324. The van der Waals surface area contributed by atoms with Crippen LogP contribution < -0.4 is 21.7 Å². The molecule has 1 N–H and O–H groups in total. The van der Waals surface area contributed by atoms with E-state index < -0.39 is 5.60 Å². The maximum Gasteiger partial charge on any atom is 0.231 e. The van der Waals surface area contributed by atoms with E-state index in [0.717, 1.165) is 66.7 Å². The lowest BCUT2D eigenvalue weighted by atomic mass is 9.73. The number of para-hydroxylation sites is 1. The van der Waals surface area contributed by atoms with Crippen LogP contribution in [0.2, 0.25) is 0 Å². The van der Waals surface area contributed by atoms with Gasteiger partial charge in [-0.05, 0) is 30.5 Å².